The highest BCUT2D eigenvalue weighted by Gasteiger charge is 2.44. The van der Waals surface area contributed by atoms with Gasteiger partial charge in [-0.15, -0.1) is 0 Å². The normalized spacial score (nSPS) is 18.7. The van der Waals surface area contributed by atoms with E-state index in [0.717, 1.165) is 5.56 Å². The van der Waals surface area contributed by atoms with Crippen molar-refractivity contribution >= 4 is 23.8 Å². The minimum absolute atomic E-state index is 0.0712. The van der Waals surface area contributed by atoms with Crippen molar-refractivity contribution in [2.75, 3.05) is 11.5 Å². The number of hydrogen-bond acceptors (Lipinski definition) is 6. The van der Waals surface area contributed by atoms with Crippen molar-refractivity contribution in [3.05, 3.63) is 47.2 Å². The molecule has 0 unspecified atom stereocenters. The Hall–Kier alpha value is -3.27. The van der Waals surface area contributed by atoms with Gasteiger partial charge in [-0.3, -0.25) is 4.79 Å². The first-order chi connectivity index (χ1) is 15.7. The second kappa shape index (κ2) is 9.17. The molecule has 10 heteroatoms. The second-order valence-corrected chi connectivity index (χ2v) is 10.1. The lowest BCUT2D eigenvalue weighted by Gasteiger charge is -2.29. The van der Waals surface area contributed by atoms with Crippen LogP contribution in [0, 0.1) is 0 Å². The summed E-state index contributed by atoms with van der Waals surface area (Å²) < 4.78 is 27.0. The van der Waals surface area contributed by atoms with Crippen LogP contribution in [0.1, 0.15) is 64.5 Å². The fourth-order valence-electron chi connectivity index (χ4n) is 3.64. The molecule has 2 heterocycles. The Morgan fingerprint density at radius 2 is 1.82 bits per heavy atom. The van der Waals surface area contributed by atoms with Gasteiger partial charge in [0.05, 0.1) is 5.54 Å². The number of carbonyl (C=O) groups is 3. The molecule has 1 N–H and O–H groups in total. The number of aromatic nitrogens is 2. The highest BCUT2D eigenvalue weighted by atomic mass is 19.1. The van der Waals surface area contributed by atoms with Crippen LogP contribution in [0.25, 0.3) is 0 Å². The number of halogens is 1. The highest BCUT2D eigenvalue weighted by Crippen LogP contribution is 2.39. The zero-order valence-electron chi connectivity index (χ0n) is 20.2. The van der Waals surface area contributed by atoms with Crippen LogP contribution < -0.4 is 4.90 Å². The fraction of sp³-hybridized carbons (Fsp3) is 0.500. The molecular formula is C24H30FN3O6. The molecule has 1 aromatic heterocycles. The van der Waals surface area contributed by atoms with Gasteiger partial charge in [-0.2, -0.15) is 10.00 Å². The number of anilines is 1. The van der Waals surface area contributed by atoms with Gasteiger partial charge in [-0.05, 0) is 47.1 Å². The van der Waals surface area contributed by atoms with E-state index >= 15 is 0 Å². The average Bonchev–Trinajstić information content (AvgIpc) is 3.22. The zero-order valence-corrected chi connectivity index (χ0v) is 20.2. The van der Waals surface area contributed by atoms with E-state index in [1.807, 2.05) is 18.2 Å². The monoisotopic (exact) mass is 475 g/mol. The molecule has 1 aliphatic heterocycles. The molecule has 1 fully saturated rings. The van der Waals surface area contributed by atoms with E-state index in [4.69, 9.17) is 9.47 Å². The molecule has 0 aliphatic carbocycles. The predicted octanol–water partition coefficient (Wildman–Crippen LogP) is 4.63. The Labute approximate surface area is 197 Å². The number of rotatable bonds is 4. The molecule has 2 amide bonds. The summed E-state index contributed by atoms with van der Waals surface area (Å²) >= 11 is 0. The number of benzene rings is 1. The molecule has 0 bridgehead atoms. The number of amides is 2. The number of alkyl halides is 1. The molecule has 0 saturated carbocycles. The highest BCUT2D eigenvalue weighted by molar-refractivity contribution is 6.08. The number of carboxylic acid groups (broad SMARTS) is 1. The topological polar surface area (TPSA) is 111 Å². The summed E-state index contributed by atoms with van der Waals surface area (Å²) in [5.74, 6) is -0.798. The Bertz CT molecular complexity index is 1080. The Morgan fingerprint density at radius 1 is 1.21 bits per heavy atom. The van der Waals surface area contributed by atoms with E-state index in [2.05, 4.69) is 5.10 Å². The smallest absolute Gasteiger partial charge is 0.425 e. The third-order valence-electron chi connectivity index (χ3n) is 5.07. The van der Waals surface area contributed by atoms with Gasteiger partial charge in [-0.25, -0.2) is 18.7 Å². The van der Waals surface area contributed by atoms with E-state index < -0.39 is 48.0 Å². The van der Waals surface area contributed by atoms with Crippen LogP contribution in [0.2, 0.25) is 0 Å². The maximum atomic E-state index is 14.8. The first-order valence-corrected chi connectivity index (χ1v) is 10.9. The van der Waals surface area contributed by atoms with Crippen molar-refractivity contribution in [1.29, 1.82) is 0 Å². The van der Waals surface area contributed by atoms with Crippen LogP contribution in [-0.2, 0) is 26.2 Å². The lowest BCUT2D eigenvalue weighted by Crippen LogP contribution is -2.43. The van der Waals surface area contributed by atoms with Gasteiger partial charge in [0.1, 0.15) is 24.0 Å². The molecule has 1 aromatic carbocycles. The summed E-state index contributed by atoms with van der Waals surface area (Å²) in [6.45, 7) is 9.74. The average molecular weight is 476 g/mol. The number of ketones is 1. The second-order valence-electron chi connectivity index (χ2n) is 10.1. The minimum Gasteiger partial charge on any atom is -0.464 e. The number of Topliss-reactive ketones (excluding diaryl/α,β-unsaturated/α-hetero) is 1. The standard InChI is InChI=1S/C24H30FN3O6/c1-23(2,3)28-20(27(21(30)31)22(32)34-24(4,5)6)15(12-14-10-8-7-9-11-14)18(26-28)19-17(25)16(29)13-33-19/h7-11,17,19H,12-13H2,1-6H3,(H,30,31)/t17-,19-/m0/s1. The summed E-state index contributed by atoms with van der Waals surface area (Å²) in [5, 5.41) is 14.6. The van der Waals surface area contributed by atoms with Crippen molar-refractivity contribution in [2.45, 2.75) is 71.4 Å². The Balaban J connectivity index is 2.29. The zero-order chi connectivity index (χ0) is 25.4. The van der Waals surface area contributed by atoms with Crippen LogP contribution >= 0.6 is 0 Å². The third-order valence-corrected chi connectivity index (χ3v) is 5.07. The van der Waals surface area contributed by atoms with Gasteiger partial charge in [-0.1, -0.05) is 30.3 Å². The van der Waals surface area contributed by atoms with E-state index in [1.165, 1.54) is 4.68 Å². The van der Waals surface area contributed by atoms with Crippen LogP contribution in [-0.4, -0.2) is 51.2 Å². The molecule has 184 valence electrons. The van der Waals surface area contributed by atoms with Crippen molar-refractivity contribution in [3.8, 4) is 0 Å². The first kappa shape index (κ1) is 25.4. The van der Waals surface area contributed by atoms with Crippen LogP contribution in [0.5, 0.6) is 0 Å². The van der Waals surface area contributed by atoms with E-state index in [9.17, 15) is 23.9 Å². The molecule has 1 saturated heterocycles. The predicted molar refractivity (Wildman–Crippen MR) is 122 cm³/mol. The number of ether oxygens (including phenoxy) is 2. The summed E-state index contributed by atoms with van der Waals surface area (Å²) in [5.41, 5.74) is -0.681. The molecule has 3 rings (SSSR count). The van der Waals surface area contributed by atoms with Gasteiger partial charge in [0.2, 0.25) is 0 Å². The number of imide groups is 1. The number of carbonyl (C=O) groups excluding carboxylic acids is 2. The van der Waals surface area contributed by atoms with E-state index in [1.54, 1.807) is 53.7 Å². The van der Waals surface area contributed by atoms with Gasteiger partial charge in [0.15, 0.2) is 17.8 Å². The van der Waals surface area contributed by atoms with E-state index in [0.29, 0.717) is 4.90 Å². The Kier molecular flexibility index (Phi) is 6.84. The molecule has 9 nitrogen and oxygen atoms in total. The SMILES string of the molecule is CC(C)(C)OC(=O)N(C(=O)O)c1c(Cc2ccccc2)c([C@H]2OCC(=O)[C@@H]2F)nn1C(C)(C)C. The van der Waals surface area contributed by atoms with Crippen molar-refractivity contribution in [2.24, 2.45) is 0 Å². The first-order valence-electron chi connectivity index (χ1n) is 10.9. The molecule has 0 radical (unpaired) electrons. The fourth-order valence-corrected chi connectivity index (χ4v) is 3.64. The largest absolute Gasteiger partial charge is 0.464 e. The lowest BCUT2D eigenvalue weighted by molar-refractivity contribution is -0.121. The van der Waals surface area contributed by atoms with Crippen molar-refractivity contribution in [3.63, 3.8) is 0 Å². The maximum Gasteiger partial charge on any atom is 0.425 e. The third kappa shape index (κ3) is 5.27. The molecule has 0 spiro atoms. The van der Waals surface area contributed by atoms with Gasteiger partial charge in [0, 0.05) is 12.0 Å². The molecular weight excluding hydrogens is 445 g/mol. The van der Waals surface area contributed by atoms with Gasteiger partial charge >= 0.3 is 12.2 Å². The Morgan fingerprint density at radius 3 is 2.29 bits per heavy atom. The summed E-state index contributed by atoms with van der Waals surface area (Å²) in [6, 6.07) is 9.06. The van der Waals surface area contributed by atoms with Gasteiger partial charge < -0.3 is 14.6 Å². The molecule has 2 aromatic rings. The number of hydrogen-bond donors (Lipinski definition) is 1. The number of nitrogens with zero attached hydrogens (tertiary/aromatic N) is 3. The minimum atomic E-state index is -1.95. The lowest BCUT2D eigenvalue weighted by atomic mass is 9.99. The quantitative estimate of drug-likeness (QED) is 0.686. The molecule has 1 aliphatic rings. The van der Waals surface area contributed by atoms with Crippen molar-refractivity contribution in [1.82, 2.24) is 9.78 Å². The summed E-state index contributed by atoms with van der Waals surface area (Å²) in [4.78, 5) is 37.8. The van der Waals surface area contributed by atoms with Crippen molar-refractivity contribution < 1.29 is 33.4 Å². The maximum absolute atomic E-state index is 14.8. The van der Waals surface area contributed by atoms with Crippen LogP contribution in [0.15, 0.2) is 30.3 Å². The van der Waals surface area contributed by atoms with Crippen LogP contribution in [0.3, 0.4) is 0 Å². The van der Waals surface area contributed by atoms with Crippen LogP contribution in [0.4, 0.5) is 19.8 Å². The molecule has 2 atom stereocenters. The van der Waals surface area contributed by atoms with E-state index in [-0.39, 0.29) is 23.5 Å². The summed E-state index contributed by atoms with van der Waals surface area (Å²) in [6.07, 6.45) is -5.85. The van der Waals surface area contributed by atoms with Gasteiger partial charge in [0.25, 0.3) is 0 Å². The molecule has 34 heavy (non-hydrogen) atoms. The summed E-state index contributed by atoms with van der Waals surface area (Å²) in [7, 11) is 0.